The molecular weight excluding hydrogens is 301 g/mol. The van der Waals surface area contributed by atoms with Crippen LogP contribution in [0.5, 0.6) is 0 Å². The highest BCUT2D eigenvalue weighted by Gasteiger charge is 2.69. The number of halogens is 3. The Balaban J connectivity index is 1.82. The largest absolute Gasteiger partial charge is 0.458 e. The number of rotatable bonds is 3. The standard InChI is InChI=1S/C15H19F3O4/c1-4-14(3,15(16,17)18)12(20)22-10-9-7-5-13(10,2)6-8(7)11(19)21-9/h7-10H,4-6H2,1-3H3. The first-order chi connectivity index (χ1) is 10.0. The van der Waals surface area contributed by atoms with E-state index in [1.54, 1.807) is 0 Å². The molecule has 0 spiro atoms. The van der Waals surface area contributed by atoms with Gasteiger partial charge in [0, 0.05) is 11.3 Å². The van der Waals surface area contributed by atoms with Gasteiger partial charge in [0.2, 0.25) is 0 Å². The highest BCUT2D eigenvalue weighted by atomic mass is 19.4. The molecule has 2 aliphatic carbocycles. The minimum atomic E-state index is -4.67. The van der Waals surface area contributed by atoms with Crippen molar-refractivity contribution in [1.29, 1.82) is 0 Å². The topological polar surface area (TPSA) is 52.6 Å². The lowest BCUT2D eigenvalue weighted by Gasteiger charge is -2.36. The summed E-state index contributed by atoms with van der Waals surface area (Å²) in [6.07, 6.45) is -5.27. The Morgan fingerprint density at radius 1 is 1.41 bits per heavy atom. The van der Waals surface area contributed by atoms with Gasteiger partial charge in [-0.2, -0.15) is 13.2 Å². The van der Waals surface area contributed by atoms with Crippen LogP contribution in [0.25, 0.3) is 0 Å². The highest BCUT2D eigenvalue weighted by Crippen LogP contribution is 2.62. The smallest absolute Gasteiger partial charge is 0.404 e. The van der Waals surface area contributed by atoms with Crippen LogP contribution in [0.2, 0.25) is 0 Å². The molecular formula is C15H19F3O4. The van der Waals surface area contributed by atoms with Crippen molar-refractivity contribution >= 4 is 11.9 Å². The van der Waals surface area contributed by atoms with Gasteiger partial charge in [-0.15, -0.1) is 0 Å². The first kappa shape index (κ1) is 15.6. The van der Waals surface area contributed by atoms with Gasteiger partial charge < -0.3 is 9.47 Å². The summed E-state index contributed by atoms with van der Waals surface area (Å²) in [6, 6.07) is 0. The monoisotopic (exact) mass is 320 g/mol. The molecule has 3 rings (SSSR count). The van der Waals surface area contributed by atoms with Crippen molar-refractivity contribution in [2.75, 3.05) is 0 Å². The fourth-order valence-corrected chi connectivity index (χ4v) is 4.16. The van der Waals surface area contributed by atoms with Crippen LogP contribution in [-0.4, -0.2) is 30.3 Å². The molecule has 7 heteroatoms. The van der Waals surface area contributed by atoms with Crippen LogP contribution < -0.4 is 0 Å². The molecule has 0 amide bonds. The summed E-state index contributed by atoms with van der Waals surface area (Å²) in [4.78, 5) is 23.9. The normalized spacial score (nSPS) is 42.2. The van der Waals surface area contributed by atoms with Crippen LogP contribution in [0, 0.1) is 22.7 Å². The predicted octanol–water partition coefficient (Wildman–Crippen LogP) is 2.85. The van der Waals surface area contributed by atoms with E-state index in [0.29, 0.717) is 12.8 Å². The Labute approximate surface area is 126 Å². The molecule has 0 radical (unpaired) electrons. The lowest BCUT2D eigenvalue weighted by atomic mass is 9.79. The molecule has 1 saturated heterocycles. The first-order valence-corrected chi connectivity index (χ1v) is 7.52. The molecule has 4 nitrogen and oxygen atoms in total. The zero-order valence-corrected chi connectivity index (χ0v) is 12.7. The number of hydrogen-bond acceptors (Lipinski definition) is 4. The van der Waals surface area contributed by atoms with Crippen LogP contribution in [0.3, 0.4) is 0 Å². The number of carbonyl (C=O) groups excluding carboxylic acids is 2. The van der Waals surface area contributed by atoms with E-state index in [1.807, 2.05) is 6.92 Å². The van der Waals surface area contributed by atoms with Crippen molar-refractivity contribution in [1.82, 2.24) is 0 Å². The average Bonchev–Trinajstić information content (AvgIpc) is 2.96. The van der Waals surface area contributed by atoms with E-state index in [2.05, 4.69) is 0 Å². The van der Waals surface area contributed by atoms with Crippen molar-refractivity contribution in [3.8, 4) is 0 Å². The zero-order valence-electron chi connectivity index (χ0n) is 12.7. The summed E-state index contributed by atoms with van der Waals surface area (Å²) < 4.78 is 50.1. The quantitative estimate of drug-likeness (QED) is 0.750. The van der Waals surface area contributed by atoms with Crippen LogP contribution >= 0.6 is 0 Å². The number of hydrogen-bond donors (Lipinski definition) is 0. The lowest BCUT2D eigenvalue weighted by Crippen LogP contribution is -2.48. The average molecular weight is 320 g/mol. The van der Waals surface area contributed by atoms with E-state index in [1.165, 1.54) is 6.92 Å². The Hall–Kier alpha value is -1.27. The van der Waals surface area contributed by atoms with Gasteiger partial charge in [-0.3, -0.25) is 9.59 Å². The molecule has 0 aromatic rings. The fourth-order valence-electron chi connectivity index (χ4n) is 4.16. The molecule has 124 valence electrons. The summed E-state index contributed by atoms with van der Waals surface area (Å²) in [5.41, 5.74) is -3.00. The van der Waals surface area contributed by atoms with E-state index < -0.39 is 41.6 Å². The molecule has 1 aliphatic heterocycles. The minimum Gasteiger partial charge on any atom is -0.458 e. The third kappa shape index (κ3) is 1.83. The Bertz CT molecular complexity index is 531. The van der Waals surface area contributed by atoms with E-state index in [9.17, 15) is 22.8 Å². The maximum atomic E-state index is 13.2. The van der Waals surface area contributed by atoms with Crippen LogP contribution in [0.15, 0.2) is 0 Å². The molecule has 2 saturated carbocycles. The van der Waals surface area contributed by atoms with Gasteiger partial charge in [-0.05, 0) is 26.2 Å². The molecule has 6 unspecified atom stereocenters. The van der Waals surface area contributed by atoms with Gasteiger partial charge in [-0.1, -0.05) is 13.8 Å². The molecule has 0 N–H and O–H groups in total. The van der Waals surface area contributed by atoms with E-state index in [-0.39, 0.29) is 17.8 Å². The van der Waals surface area contributed by atoms with Gasteiger partial charge in [0.1, 0.15) is 12.2 Å². The second-order valence-corrected chi connectivity index (χ2v) is 7.24. The van der Waals surface area contributed by atoms with Crippen LogP contribution in [-0.2, 0) is 19.1 Å². The molecule has 6 atom stereocenters. The Kier molecular flexibility index (Phi) is 3.11. The summed E-state index contributed by atoms with van der Waals surface area (Å²) >= 11 is 0. The van der Waals surface area contributed by atoms with Crippen molar-refractivity contribution in [3.63, 3.8) is 0 Å². The fraction of sp³-hybridized carbons (Fsp3) is 0.867. The summed E-state index contributed by atoms with van der Waals surface area (Å²) in [5, 5.41) is 0. The number of alkyl halides is 3. The summed E-state index contributed by atoms with van der Waals surface area (Å²) in [6.45, 7) is 4.02. The SMILES string of the molecule is CCC(C)(C(=O)OC1C2OC(=O)C3CC1(C)CC32)C(F)(F)F. The van der Waals surface area contributed by atoms with Crippen molar-refractivity contribution in [3.05, 3.63) is 0 Å². The van der Waals surface area contributed by atoms with Gasteiger partial charge in [0.25, 0.3) is 0 Å². The Morgan fingerprint density at radius 3 is 2.59 bits per heavy atom. The maximum Gasteiger partial charge on any atom is 0.404 e. The lowest BCUT2D eigenvalue weighted by molar-refractivity contribution is -0.238. The summed E-state index contributed by atoms with van der Waals surface area (Å²) in [7, 11) is 0. The zero-order chi connectivity index (χ0) is 16.5. The van der Waals surface area contributed by atoms with Crippen molar-refractivity contribution < 1.29 is 32.2 Å². The number of ether oxygens (including phenoxy) is 2. The van der Waals surface area contributed by atoms with Crippen LogP contribution in [0.4, 0.5) is 13.2 Å². The molecule has 0 aromatic heterocycles. The number of fused-ring (bicyclic) bond motifs is 1. The van der Waals surface area contributed by atoms with Gasteiger partial charge in [0.05, 0.1) is 5.92 Å². The third-order valence-electron chi connectivity index (χ3n) is 5.88. The second kappa shape index (κ2) is 4.38. The third-order valence-corrected chi connectivity index (χ3v) is 5.88. The molecule has 2 bridgehead atoms. The van der Waals surface area contributed by atoms with E-state index >= 15 is 0 Å². The predicted molar refractivity (Wildman–Crippen MR) is 68.5 cm³/mol. The summed E-state index contributed by atoms with van der Waals surface area (Å²) in [5.74, 6) is -1.81. The highest BCUT2D eigenvalue weighted by molar-refractivity contribution is 5.79. The first-order valence-electron chi connectivity index (χ1n) is 7.52. The van der Waals surface area contributed by atoms with E-state index in [4.69, 9.17) is 9.47 Å². The minimum absolute atomic E-state index is 0.0333. The maximum absolute atomic E-state index is 13.2. The second-order valence-electron chi connectivity index (χ2n) is 7.24. The van der Waals surface area contributed by atoms with Gasteiger partial charge >= 0.3 is 18.1 Å². The number of esters is 2. The molecule has 1 heterocycles. The van der Waals surface area contributed by atoms with Gasteiger partial charge in [0.15, 0.2) is 5.41 Å². The molecule has 22 heavy (non-hydrogen) atoms. The van der Waals surface area contributed by atoms with Gasteiger partial charge in [-0.25, -0.2) is 0 Å². The molecule has 0 aromatic carbocycles. The Morgan fingerprint density at radius 2 is 2.05 bits per heavy atom. The van der Waals surface area contributed by atoms with Crippen LogP contribution in [0.1, 0.15) is 40.0 Å². The number of carbonyl (C=O) groups is 2. The van der Waals surface area contributed by atoms with Crippen molar-refractivity contribution in [2.24, 2.45) is 22.7 Å². The molecule has 3 aliphatic rings. The van der Waals surface area contributed by atoms with E-state index in [0.717, 1.165) is 6.92 Å². The van der Waals surface area contributed by atoms with Crippen molar-refractivity contribution in [2.45, 2.75) is 58.4 Å². The molecule has 3 fully saturated rings.